The predicted octanol–water partition coefficient (Wildman–Crippen LogP) is 3.34. The Morgan fingerprint density at radius 3 is 2.21 bits per heavy atom. The van der Waals surface area contributed by atoms with E-state index in [1.807, 2.05) is 24.3 Å². The third-order valence-electron chi connectivity index (χ3n) is 3.25. The van der Waals surface area contributed by atoms with E-state index in [2.05, 4.69) is 29.6 Å². The van der Waals surface area contributed by atoms with Gasteiger partial charge in [-0.25, -0.2) is 0 Å². The Hall–Kier alpha value is -1.70. The summed E-state index contributed by atoms with van der Waals surface area (Å²) >= 11 is 7.99. The van der Waals surface area contributed by atoms with Crippen LogP contribution in [0.15, 0.2) is 58.3 Å². The zero-order valence-electron chi connectivity index (χ0n) is 13.1. The molecule has 2 aromatic rings. The molecule has 0 atom stereocenters. The standard InChI is InChI=1S/C17H20N4S3/c18-16(19)23-10-9-12-5-1-3-7-14(12)24-15-8-4-2-6-13(15)11-21-17(20)22/h1-8H,9-11H2,(H3,18,19)(H3,20,21,22). The molecule has 2 rings (SSSR count). The summed E-state index contributed by atoms with van der Waals surface area (Å²) < 4.78 is 0. The lowest BCUT2D eigenvalue weighted by Crippen LogP contribution is -2.28. The highest BCUT2D eigenvalue weighted by Crippen LogP contribution is 2.33. The van der Waals surface area contributed by atoms with E-state index in [1.165, 1.54) is 27.1 Å². The fourth-order valence-corrected chi connectivity index (χ4v) is 3.85. The minimum absolute atomic E-state index is 0.161. The lowest BCUT2D eigenvalue weighted by Gasteiger charge is -2.13. The van der Waals surface area contributed by atoms with Gasteiger partial charge in [-0.05, 0) is 41.9 Å². The zero-order chi connectivity index (χ0) is 17.4. The van der Waals surface area contributed by atoms with Crippen molar-refractivity contribution in [1.29, 1.82) is 5.41 Å². The molecule has 7 heteroatoms. The largest absolute Gasteiger partial charge is 0.379 e. The van der Waals surface area contributed by atoms with Crippen molar-refractivity contribution < 1.29 is 0 Å². The summed E-state index contributed by atoms with van der Waals surface area (Å²) in [7, 11) is 0. The van der Waals surface area contributed by atoms with Gasteiger partial charge in [-0.2, -0.15) is 0 Å². The summed E-state index contributed by atoms with van der Waals surface area (Å²) in [6, 6.07) is 16.5. The maximum Gasteiger partial charge on any atom is 0.163 e. The van der Waals surface area contributed by atoms with Crippen molar-refractivity contribution in [2.75, 3.05) is 5.75 Å². The van der Waals surface area contributed by atoms with Crippen LogP contribution in [0.1, 0.15) is 11.1 Å². The van der Waals surface area contributed by atoms with Gasteiger partial charge in [0.2, 0.25) is 0 Å². The van der Waals surface area contributed by atoms with Crippen LogP contribution in [0.5, 0.6) is 0 Å². The number of hydrogen-bond acceptors (Lipinski definition) is 4. The summed E-state index contributed by atoms with van der Waals surface area (Å²) in [5.74, 6) is 0.803. The molecule has 0 saturated heterocycles. The molecule has 4 nitrogen and oxygen atoms in total. The number of nitrogens with two attached hydrogens (primary N) is 2. The second kappa shape index (κ2) is 9.56. The summed E-state index contributed by atoms with van der Waals surface area (Å²) in [4.78, 5) is 2.39. The van der Waals surface area contributed by atoms with Crippen LogP contribution >= 0.6 is 35.7 Å². The molecule has 0 aliphatic carbocycles. The molecule has 0 saturated carbocycles. The smallest absolute Gasteiger partial charge is 0.163 e. The average Bonchev–Trinajstić information content (AvgIpc) is 2.55. The van der Waals surface area contributed by atoms with Gasteiger partial charge in [-0.3, -0.25) is 5.41 Å². The zero-order valence-corrected chi connectivity index (χ0v) is 15.6. The van der Waals surface area contributed by atoms with E-state index >= 15 is 0 Å². The van der Waals surface area contributed by atoms with E-state index in [0.717, 1.165) is 17.7 Å². The minimum atomic E-state index is 0.161. The fraction of sp³-hybridized carbons (Fsp3) is 0.176. The molecule has 0 heterocycles. The number of benzene rings is 2. The highest BCUT2D eigenvalue weighted by Gasteiger charge is 2.08. The molecule has 126 valence electrons. The Labute approximate surface area is 156 Å². The van der Waals surface area contributed by atoms with Crippen molar-refractivity contribution in [2.24, 2.45) is 11.5 Å². The molecular weight excluding hydrogens is 356 g/mol. The third kappa shape index (κ3) is 6.07. The van der Waals surface area contributed by atoms with Gasteiger partial charge in [-0.15, -0.1) is 0 Å². The molecule has 0 fully saturated rings. The SMILES string of the molecule is N=C(N)SCCc1ccccc1Sc1ccccc1CNC(N)=S. The number of amidine groups is 1. The summed E-state index contributed by atoms with van der Waals surface area (Å²) in [6.45, 7) is 0.612. The molecule has 0 aliphatic heterocycles. The van der Waals surface area contributed by atoms with Crippen LogP contribution in [0.3, 0.4) is 0 Å². The number of thiocarbonyl (C=S) groups is 1. The first-order valence-corrected chi connectivity index (χ1v) is 9.61. The molecule has 6 N–H and O–H groups in total. The summed E-state index contributed by atoms with van der Waals surface area (Å²) in [5.41, 5.74) is 13.4. The van der Waals surface area contributed by atoms with Gasteiger partial charge in [-0.1, -0.05) is 59.9 Å². The number of rotatable bonds is 7. The molecule has 0 aromatic heterocycles. The quantitative estimate of drug-likeness (QED) is 0.337. The molecule has 0 bridgehead atoms. The lowest BCUT2D eigenvalue weighted by atomic mass is 10.2. The van der Waals surface area contributed by atoms with Gasteiger partial charge in [0.05, 0.1) is 0 Å². The first-order chi connectivity index (χ1) is 11.6. The predicted molar refractivity (Wildman–Crippen MR) is 109 cm³/mol. The Kier molecular flexibility index (Phi) is 7.42. The Bertz CT molecular complexity index is 718. The van der Waals surface area contributed by atoms with Gasteiger partial charge in [0, 0.05) is 22.1 Å². The van der Waals surface area contributed by atoms with Crippen LogP contribution < -0.4 is 16.8 Å². The van der Waals surface area contributed by atoms with Crippen molar-refractivity contribution in [3.63, 3.8) is 0 Å². The molecule has 0 spiro atoms. The maximum absolute atomic E-state index is 7.31. The number of aryl methyl sites for hydroxylation is 1. The average molecular weight is 377 g/mol. The fourth-order valence-electron chi connectivity index (χ4n) is 2.13. The van der Waals surface area contributed by atoms with Crippen molar-refractivity contribution in [1.82, 2.24) is 5.32 Å². The van der Waals surface area contributed by atoms with Gasteiger partial charge in [0.25, 0.3) is 0 Å². The maximum atomic E-state index is 7.31. The Morgan fingerprint density at radius 2 is 1.58 bits per heavy atom. The molecule has 0 unspecified atom stereocenters. The Balaban J connectivity index is 2.13. The van der Waals surface area contributed by atoms with Crippen molar-refractivity contribution in [2.45, 2.75) is 22.8 Å². The molecule has 0 aliphatic rings. The van der Waals surface area contributed by atoms with Crippen LogP contribution in [-0.2, 0) is 13.0 Å². The first kappa shape index (κ1) is 18.6. The molecular formula is C17H20N4S3. The lowest BCUT2D eigenvalue weighted by molar-refractivity contribution is 0.897. The number of thioether (sulfide) groups is 1. The second-order valence-electron chi connectivity index (χ2n) is 5.00. The number of nitrogens with one attached hydrogen (secondary N) is 2. The van der Waals surface area contributed by atoms with E-state index in [4.69, 9.17) is 29.1 Å². The van der Waals surface area contributed by atoms with Crippen LogP contribution in [0.2, 0.25) is 0 Å². The van der Waals surface area contributed by atoms with Crippen LogP contribution in [0.4, 0.5) is 0 Å². The highest BCUT2D eigenvalue weighted by molar-refractivity contribution is 8.13. The van der Waals surface area contributed by atoms with Crippen LogP contribution in [-0.4, -0.2) is 16.0 Å². The van der Waals surface area contributed by atoms with Crippen molar-refractivity contribution >= 4 is 46.0 Å². The van der Waals surface area contributed by atoms with E-state index in [1.54, 1.807) is 11.8 Å². The molecule has 2 aromatic carbocycles. The van der Waals surface area contributed by atoms with Crippen LogP contribution in [0, 0.1) is 5.41 Å². The first-order valence-electron chi connectivity index (χ1n) is 7.40. The molecule has 24 heavy (non-hydrogen) atoms. The van der Waals surface area contributed by atoms with E-state index in [9.17, 15) is 0 Å². The second-order valence-corrected chi connectivity index (χ2v) is 7.66. The topological polar surface area (TPSA) is 87.9 Å². The number of hydrogen-bond donors (Lipinski definition) is 4. The van der Waals surface area contributed by atoms with Crippen LogP contribution in [0.25, 0.3) is 0 Å². The Morgan fingerprint density at radius 1 is 1.00 bits per heavy atom. The van der Waals surface area contributed by atoms with E-state index in [0.29, 0.717) is 11.7 Å². The van der Waals surface area contributed by atoms with Gasteiger partial charge in [0.1, 0.15) is 0 Å². The highest BCUT2D eigenvalue weighted by atomic mass is 32.2. The monoisotopic (exact) mass is 376 g/mol. The minimum Gasteiger partial charge on any atom is -0.379 e. The van der Waals surface area contributed by atoms with E-state index in [-0.39, 0.29) is 5.17 Å². The van der Waals surface area contributed by atoms with Gasteiger partial charge >= 0.3 is 0 Å². The normalized spacial score (nSPS) is 10.3. The van der Waals surface area contributed by atoms with E-state index < -0.39 is 0 Å². The molecule has 0 amide bonds. The van der Waals surface area contributed by atoms with Gasteiger partial charge < -0.3 is 16.8 Å². The third-order valence-corrected chi connectivity index (χ3v) is 5.35. The van der Waals surface area contributed by atoms with Crippen molar-refractivity contribution in [3.05, 3.63) is 59.7 Å². The summed E-state index contributed by atoms with van der Waals surface area (Å²) in [5, 5.41) is 10.8. The van der Waals surface area contributed by atoms with Gasteiger partial charge in [0.15, 0.2) is 10.3 Å². The summed E-state index contributed by atoms with van der Waals surface area (Å²) in [6.07, 6.45) is 0.876. The molecule has 0 radical (unpaired) electrons. The van der Waals surface area contributed by atoms with Crippen molar-refractivity contribution in [3.8, 4) is 0 Å².